The molecule has 6 rings (SSSR count). The summed E-state index contributed by atoms with van der Waals surface area (Å²) in [7, 11) is -11.4. The molecule has 1 aliphatic heterocycles. The molecular formula is C37H31F3N2O5S3. The van der Waals surface area contributed by atoms with Crippen LogP contribution in [0.1, 0.15) is 22.3 Å². The average Bonchev–Trinajstić information content (AvgIpc) is 3.06. The molecule has 0 spiro atoms. The molecule has 1 heterocycles. The number of thiol groups is 1. The quantitative estimate of drug-likeness (QED) is 0.125. The van der Waals surface area contributed by atoms with Crippen molar-refractivity contribution in [3.63, 3.8) is 0 Å². The van der Waals surface area contributed by atoms with Gasteiger partial charge in [0, 0.05) is 45.6 Å². The number of aryl methyl sites for hydroxylation is 4. The van der Waals surface area contributed by atoms with E-state index in [1.54, 1.807) is 36.4 Å². The zero-order valence-electron chi connectivity index (χ0n) is 27.2. The molecule has 13 heteroatoms. The third-order valence-corrected chi connectivity index (χ3v) is 14.3. The van der Waals surface area contributed by atoms with Crippen LogP contribution in [-0.2, 0) is 19.7 Å². The zero-order valence-corrected chi connectivity index (χ0v) is 29.7. The first kappa shape index (κ1) is 35.2. The van der Waals surface area contributed by atoms with Gasteiger partial charge in [-0.2, -0.15) is 13.2 Å². The maximum Gasteiger partial charge on any atom is 0.499 e. The van der Waals surface area contributed by atoms with Crippen molar-refractivity contribution < 1.29 is 34.4 Å². The van der Waals surface area contributed by atoms with Gasteiger partial charge in [-0.25, -0.2) is 21.8 Å². The Morgan fingerprint density at radius 1 is 0.740 bits per heavy atom. The molecule has 1 aliphatic carbocycles. The van der Waals surface area contributed by atoms with Crippen LogP contribution in [0.15, 0.2) is 111 Å². The molecule has 1 atom stereocenters. The lowest BCUT2D eigenvalue weighted by atomic mass is 9.93. The second-order valence-electron chi connectivity index (χ2n) is 12.0. The number of anilines is 2. The number of para-hydroxylation sites is 2. The number of fused-ring (bicyclic) bond motifs is 2. The molecule has 0 radical (unpaired) electrons. The number of rotatable bonds is 7. The fourth-order valence-electron chi connectivity index (χ4n) is 5.89. The fraction of sp³-hybridized carbons (Fsp3) is 0.162. The predicted octanol–water partition coefficient (Wildman–Crippen LogP) is 9.34. The minimum atomic E-state index is -6.21. The number of alkyl halides is 3. The molecule has 4 aromatic rings. The molecule has 1 N–H and O–H groups in total. The number of hydrogen-bond donors (Lipinski definition) is 2. The van der Waals surface area contributed by atoms with Crippen LogP contribution in [0.4, 0.5) is 30.2 Å². The number of hydrogen-bond acceptors (Lipinski definition) is 8. The van der Waals surface area contributed by atoms with Gasteiger partial charge in [-0.05, 0) is 80.3 Å². The second-order valence-corrected chi connectivity index (χ2v) is 17.5. The summed E-state index contributed by atoms with van der Waals surface area (Å²) < 4.78 is 96.0. The molecule has 4 aromatic carbocycles. The molecule has 7 nitrogen and oxygen atoms in total. The highest BCUT2D eigenvalue weighted by molar-refractivity contribution is 8.21. The van der Waals surface area contributed by atoms with Gasteiger partial charge in [0.2, 0.25) is 13.8 Å². The highest BCUT2D eigenvalue weighted by atomic mass is 32.3. The molecule has 50 heavy (non-hydrogen) atoms. The topological polar surface area (TPSA) is 106 Å². The molecule has 2 aliphatic rings. The summed E-state index contributed by atoms with van der Waals surface area (Å²) >= 11 is 3.52. The number of halogens is 3. The van der Waals surface area contributed by atoms with Gasteiger partial charge in [-0.3, -0.25) is 0 Å². The lowest BCUT2D eigenvalue weighted by Gasteiger charge is -2.21. The maximum atomic E-state index is 13.7. The Morgan fingerprint density at radius 2 is 1.36 bits per heavy atom. The summed E-state index contributed by atoms with van der Waals surface area (Å²) in [6.07, 6.45) is 0. The molecule has 0 saturated heterocycles. The number of benzene rings is 5. The van der Waals surface area contributed by atoms with Crippen LogP contribution >= 0.6 is 12.6 Å². The van der Waals surface area contributed by atoms with E-state index in [9.17, 15) is 30.0 Å². The zero-order chi connectivity index (χ0) is 36.2. The second kappa shape index (κ2) is 12.9. The van der Waals surface area contributed by atoms with E-state index in [0.29, 0.717) is 38.9 Å². The van der Waals surface area contributed by atoms with Gasteiger partial charge in [-0.1, -0.05) is 54.6 Å². The summed E-state index contributed by atoms with van der Waals surface area (Å²) in [4.78, 5) is 4.21. The molecule has 0 aromatic heterocycles. The third-order valence-electron chi connectivity index (χ3n) is 8.45. The molecule has 0 fully saturated rings. The summed E-state index contributed by atoms with van der Waals surface area (Å²) in [6.45, 7) is 7.83. The van der Waals surface area contributed by atoms with Crippen molar-refractivity contribution >= 4 is 60.3 Å². The van der Waals surface area contributed by atoms with Crippen LogP contribution < -0.4 is 10.7 Å². The average molecular weight is 737 g/mol. The van der Waals surface area contributed by atoms with Gasteiger partial charge in [0.05, 0.1) is 15.9 Å². The smallest absolute Gasteiger partial charge is 0.456 e. The van der Waals surface area contributed by atoms with Gasteiger partial charge >= 0.3 is 5.51 Å². The van der Waals surface area contributed by atoms with E-state index in [1.165, 1.54) is 18.2 Å². The Labute approximate surface area is 293 Å². The molecule has 0 bridgehead atoms. The number of sulfone groups is 2. The van der Waals surface area contributed by atoms with Crippen molar-refractivity contribution in [2.75, 3.05) is 5.32 Å². The lowest BCUT2D eigenvalue weighted by molar-refractivity contribution is -0.0433. The van der Waals surface area contributed by atoms with Crippen molar-refractivity contribution in [1.82, 2.24) is 0 Å². The van der Waals surface area contributed by atoms with Crippen molar-refractivity contribution in [1.29, 1.82) is 0 Å². The third kappa shape index (κ3) is 6.29. The van der Waals surface area contributed by atoms with Crippen molar-refractivity contribution in [3.05, 3.63) is 125 Å². The summed E-state index contributed by atoms with van der Waals surface area (Å²) in [5.41, 5.74) is 1.44. The van der Waals surface area contributed by atoms with E-state index in [-0.39, 0.29) is 5.56 Å². The Hall–Kier alpha value is -4.59. The standard InChI is InChI=1S/C37H31F3N2O5S3/c1-21-9-7-10-22(2)34(21)41-25-15-17-27-30(19-25)47-31-20-26(42-35-23(3)11-8-12-24(35)4)16-18-28(31)33(27)29-13-5-6-14-32(29)49(43,44)36(48)50(45,46)37(38,39)40/h5-20,36,41,48H,1-4H3/b42-26+. The van der Waals surface area contributed by atoms with Crippen LogP contribution in [0.25, 0.3) is 33.4 Å². The van der Waals surface area contributed by atoms with Gasteiger partial charge in [0.25, 0.3) is 9.84 Å². The van der Waals surface area contributed by atoms with Gasteiger partial charge < -0.3 is 9.73 Å². The summed E-state index contributed by atoms with van der Waals surface area (Å²) in [5, 5.41) is 4.39. The monoisotopic (exact) mass is 736 g/mol. The normalized spacial score (nSPS) is 13.6. The van der Waals surface area contributed by atoms with E-state index in [4.69, 9.17) is 9.41 Å². The lowest BCUT2D eigenvalue weighted by Crippen LogP contribution is -2.36. The fourth-order valence-corrected chi connectivity index (χ4v) is 9.76. The van der Waals surface area contributed by atoms with Crippen molar-refractivity contribution in [2.45, 2.75) is 42.0 Å². The largest absolute Gasteiger partial charge is 0.499 e. The molecule has 1 unspecified atom stereocenters. The van der Waals surface area contributed by atoms with Crippen LogP contribution in [0.2, 0.25) is 0 Å². The van der Waals surface area contributed by atoms with E-state index in [0.717, 1.165) is 39.7 Å². The summed E-state index contributed by atoms with van der Waals surface area (Å²) in [5.74, 6) is 0.307. The van der Waals surface area contributed by atoms with Crippen LogP contribution in [0, 0.1) is 27.7 Å². The van der Waals surface area contributed by atoms with E-state index < -0.39 is 34.0 Å². The maximum absolute atomic E-state index is 13.7. The van der Waals surface area contributed by atoms with Crippen LogP contribution in [0.5, 0.6) is 0 Å². The first-order chi connectivity index (χ1) is 23.5. The first-order valence-electron chi connectivity index (χ1n) is 15.3. The van der Waals surface area contributed by atoms with E-state index in [2.05, 4.69) is 17.9 Å². The summed E-state index contributed by atoms with van der Waals surface area (Å²) in [6, 6.07) is 27.4. The SMILES string of the molecule is Cc1cccc(C)c1/N=c1\ccc2c(-c3ccccc3S(=O)(=O)C(S)S(=O)(=O)C(F)(F)F)c3ccc(Nc4c(C)cccc4C)cc3oc-2c1. The minimum absolute atomic E-state index is 0.0235. The van der Waals surface area contributed by atoms with E-state index >= 15 is 0 Å². The number of nitrogens with one attached hydrogen (secondary N) is 1. The molecule has 0 saturated carbocycles. The van der Waals surface area contributed by atoms with Crippen LogP contribution in [0.3, 0.4) is 0 Å². The van der Waals surface area contributed by atoms with Gasteiger partial charge in [-0.15, -0.1) is 12.6 Å². The Balaban J connectivity index is 1.64. The molecular weight excluding hydrogens is 706 g/mol. The van der Waals surface area contributed by atoms with Gasteiger partial charge in [0.1, 0.15) is 11.3 Å². The minimum Gasteiger partial charge on any atom is -0.456 e. The molecule has 0 amide bonds. The molecule has 258 valence electrons. The first-order valence-corrected chi connectivity index (χ1v) is 18.9. The van der Waals surface area contributed by atoms with Crippen LogP contribution in [-0.4, -0.2) is 26.3 Å². The van der Waals surface area contributed by atoms with Crippen molar-refractivity contribution in [2.24, 2.45) is 4.99 Å². The Kier molecular flexibility index (Phi) is 9.12. The van der Waals surface area contributed by atoms with Crippen molar-refractivity contribution in [3.8, 4) is 22.5 Å². The highest BCUT2D eigenvalue weighted by Gasteiger charge is 2.54. The Bertz CT molecular complexity index is 2520. The highest BCUT2D eigenvalue weighted by Crippen LogP contribution is 2.45. The van der Waals surface area contributed by atoms with E-state index in [1.807, 2.05) is 64.1 Å². The number of nitrogens with zero attached hydrogens (tertiary/aromatic N) is 1. The van der Waals surface area contributed by atoms with Gasteiger partial charge in [0.15, 0.2) is 0 Å². The Morgan fingerprint density at radius 3 is 2.00 bits per heavy atom. The predicted molar refractivity (Wildman–Crippen MR) is 194 cm³/mol.